The van der Waals surface area contributed by atoms with Gasteiger partial charge in [0.15, 0.2) is 5.43 Å². The smallest absolute Gasteiger partial charge is 0.290 e. The predicted octanol–water partition coefficient (Wildman–Crippen LogP) is 6.30. The van der Waals surface area contributed by atoms with Gasteiger partial charge in [-0.2, -0.15) is 0 Å². The third-order valence-corrected chi connectivity index (χ3v) is 6.83. The van der Waals surface area contributed by atoms with E-state index in [2.05, 4.69) is 0 Å². The standard InChI is InChI=1S/C32H24FNO4/c33-24-14-15-27-26(19-24)30(35)28-29(23-12-7-13-25(18-23)37-20-22-10-5-2-6-11-22)34(32(36)31(28)38-27)17-16-21-8-3-1-4-9-21/h1-15,18-19,29H,16-17,20H2. The number of carbonyl (C=O) groups is 1. The molecule has 1 aliphatic rings. The zero-order valence-corrected chi connectivity index (χ0v) is 20.5. The van der Waals surface area contributed by atoms with E-state index in [1.165, 1.54) is 12.1 Å². The number of carbonyl (C=O) groups excluding carboxylic acids is 1. The van der Waals surface area contributed by atoms with Gasteiger partial charge in [-0.1, -0.05) is 72.8 Å². The highest BCUT2D eigenvalue weighted by molar-refractivity contribution is 5.99. The van der Waals surface area contributed by atoms with Crippen LogP contribution in [0.2, 0.25) is 0 Å². The summed E-state index contributed by atoms with van der Waals surface area (Å²) in [4.78, 5) is 29.0. The fourth-order valence-electron chi connectivity index (χ4n) is 4.98. The lowest BCUT2D eigenvalue weighted by atomic mass is 9.98. The molecule has 1 unspecified atom stereocenters. The van der Waals surface area contributed by atoms with Gasteiger partial charge >= 0.3 is 0 Å². The summed E-state index contributed by atoms with van der Waals surface area (Å²) in [5.74, 6) is -0.281. The number of hydrogen-bond donors (Lipinski definition) is 0. The van der Waals surface area contributed by atoms with Crippen molar-refractivity contribution in [2.24, 2.45) is 0 Å². The minimum Gasteiger partial charge on any atom is -0.489 e. The Hall–Kier alpha value is -4.71. The Labute approximate surface area is 218 Å². The summed E-state index contributed by atoms with van der Waals surface area (Å²) >= 11 is 0. The second kappa shape index (κ2) is 9.98. The largest absolute Gasteiger partial charge is 0.489 e. The van der Waals surface area contributed by atoms with E-state index in [0.29, 0.717) is 25.3 Å². The number of amides is 1. The van der Waals surface area contributed by atoms with Crippen molar-refractivity contribution in [1.82, 2.24) is 4.90 Å². The van der Waals surface area contributed by atoms with Crippen LogP contribution in [0.15, 0.2) is 112 Å². The molecule has 1 amide bonds. The van der Waals surface area contributed by atoms with Crippen LogP contribution in [0.25, 0.3) is 11.0 Å². The Balaban J connectivity index is 1.41. The molecule has 6 rings (SSSR count). The summed E-state index contributed by atoms with van der Waals surface area (Å²) in [6, 6.07) is 30.1. The lowest BCUT2D eigenvalue weighted by molar-refractivity contribution is 0.0730. The van der Waals surface area contributed by atoms with Crippen molar-refractivity contribution in [2.45, 2.75) is 19.1 Å². The maximum Gasteiger partial charge on any atom is 0.290 e. The van der Waals surface area contributed by atoms with Crippen molar-refractivity contribution in [1.29, 1.82) is 0 Å². The van der Waals surface area contributed by atoms with Gasteiger partial charge in [0, 0.05) is 6.54 Å². The molecule has 5 nitrogen and oxygen atoms in total. The summed E-state index contributed by atoms with van der Waals surface area (Å²) in [5.41, 5.74) is 2.82. The van der Waals surface area contributed by atoms with Crippen LogP contribution in [0.1, 0.15) is 38.9 Å². The van der Waals surface area contributed by atoms with Gasteiger partial charge < -0.3 is 14.1 Å². The van der Waals surface area contributed by atoms with E-state index in [1.54, 1.807) is 4.90 Å². The molecule has 38 heavy (non-hydrogen) atoms. The van der Waals surface area contributed by atoms with Crippen LogP contribution in [-0.4, -0.2) is 17.4 Å². The number of rotatable bonds is 7. The van der Waals surface area contributed by atoms with Crippen molar-refractivity contribution in [3.63, 3.8) is 0 Å². The molecule has 0 radical (unpaired) electrons. The van der Waals surface area contributed by atoms with Gasteiger partial charge in [0.25, 0.3) is 5.91 Å². The second-order valence-electron chi connectivity index (χ2n) is 9.30. The average Bonchev–Trinajstić information content (AvgIpc) is 3.24. The predicted molar refractivity (Wildman–Crippen MR) is 143 cm³/mol. The summed E-state index contributed by atoms with van der Waals surface area (Å²) in [6.45, 7) is 0.755. The van der Waals surface area contributed by atoms with E-state index in [9.17, 15) is 14.0 Å². The summed E-state index contributed by atoms with van der Waals surface area (Å²) in [7, 11) is 0. The molecule has 0 saturated carbocycles. The molecule has 188 valence electrons. The number of hydrogen-bond acceptors (Lipinski definition) is 4. The zero-order chi connectivity index (χ0) is 26.1. The lowest BCUT2D eigenvalue weighted by Crippen LogP contribution is -2.31. The minimum absolute atomic E-state index is 0.00257. The molecule has 2 heterocycles. The quantitative estimate of drug-likeness (QED) is 0.261. The molecule has 0 saturated heterocycles. The van der Waals surface area contributed by atoms with Crippen LogP contribution < -0.4 is 10.2 Å². The molecule has 0 aliphatic carbocycles. The molecule has 0 fully saturated rings. The summed E-state index contributed by atoms with van der Waals surface area (Å²) < 4.78 is 26.0. The van der Waals surface area contributed by atoms with E-state index >= 15 is 0 Å². The van der Waals surface area contributed by atoms with E-state index in [1.807, 2.05) is 84.9 Å². The van der Waals surface area contributed by atoms with Gasteiger partial charge in [-0.25, -0.2) is 4.39 Å². The molecular formula is C32H24FNO4. The van der Waals surface area contributed by atoms with Crippen molar-refractivity contribution in [3.05, 3.63) is 147 Å². The van der Waals surface area contributed by atoms with Crippen LogP contribution >= 0.6 is 0 Å². The molecule has 0 spiro atoms. The molecule has 0 N–H and O–H groups in total. The number of ether oxygens (including phenoxy) is 1. The first-order valence-electron chi connectivity index (χ1n) is 12.5. The summed E-state index contributed by atoms with van der Waals surface area (Å²) in [5, 5.41) is 0.114. The third kappa shape index (κ3) is 4.45. The van der Waals surface area contributed by atoms with Crippen molar-refractivity contribution in [3.8, 4) is 5.75 Å². The first kappa shape index (κ1) is 23.7. The molecule has 1 atom stereocenters. The van der Waals surface area contributed by atoms with Crippen LogP contribution in [0.5, 0.6) is 5.75 Å². The number of nitrogens with zero attached hydrogens (tertiary/aromatic N) is 1. The molecule has 5 aromatic rings. The number of fused-ring (bicyclic) bond motifs is 2. The highest BCUT2D eigenvalue weighted by Crippen LogP contribution is 2.39. The normalized spacial score (nSPS) is 14.6. The molecular weight excluding hydrogens is 481 g/mol. The van der Waals surface area contributed by atoms with Crippen molar-refractivity contribution in [2.75, 3.05) is 6.54 Å². The van der Waals surface area contributed by atoms with Crippen LogP contribution in [0.4, 0.5) is 4.39 Å². The van der Waals surface area contributed by atoms with Gasteiger partial charge in [-0.05, 0) is 53.4 Å². The van der Waals surface area contributed by atoms with Crippen LogP contribution in [0, 0.1) is 5.82 Å². The SMILES string of the molecule is O=C1c2oc3ccc(F)cc3c(=O)c2C(c2cccc(OCc3ccccc3)c2)N1CCc1ccccc1. The fraction of sp³-hybridized carbons (Fsp3) is 0.125. The maximum absolute atomic E-state index is 14.1. The molecule has 1 aliphatic heterocycles. The summed E-state index contributed by atoms with van der Waals surface area (Å²) in [6.07, 6.45) is 0.601. The first-order valence-corrected chi connectivity index (χ1v) is 12.5. The van der Waals surface area contributed by atoms with Crippen LogP contribution in [0.3, 0.4) is 0 Å². The minimum atomic E-state index is -0.689. The Morgan fingerprint density at radius 3 is 2.32 bits per heavy atom. The van der Waals surface area contributed by atoms with E-state index in [-0.39, 0.29) is 28.2 Å². The molecule has 1 aromatic heterocycles. The van der Waals surface area contributed by atoms with E-state index in [0.717, 1.165) is 22.8 Å². The highest BCUT2D eigenvalue weighted by atomic mass is 19.1. The number of halogens is 1. The van der Waals surface area contributed by atoms with Gasteiger partial charge in [0.2, 0.25) is 5.76 Å². The Morgan fingerprint density at radius 2 is 1.55 bits per heavy atom. The van der Waals surface area contributed by atoms with Gasteiger partial charge in [0.05, 0.1) is 17.0 Å². The molecule has 4 aromatic carbocycles. The Morgan fingerprint density at radius 1 is 0.816 bits per heavy atom. The zero-order valence-electron chi connectivity index (χ0n) is 20.5. The van der Waals surface area contributed by atoms with Gasteiger partial charge in [0.1, 0.15) is 23.8 Å². The monoisotopic (exact) mass is 505 g/mol. The average molecular weight is 506 g/mol. The van der Waals surface area contributed by atoms with Crippen molar-refractivity contribution < 1.29 is 18.3 Å². The number of benzene rings is 4. The van der Waals surface area contributed by atoms with Gasteiger partial charge in [-0.3, -0.25) is 9.59 Å². The topological polar surface area (TPSA) is 59.8 Å². The second-order valence-corrected chi connectivity index (χ2v) is 9.30. The van der Waals surface area contributed by atoms with E-state index in [4.69, 9.17) is 9.15 Å². The van der Waals surface area contributed by atoms with Gasteiger partial charge in [-0.15, -0.1) is 0 Å². The fourth-order valence-corrected chi connectivity index (χ4v) is 4.98. The third-order valence-electron chi connectivity index (χ3n) is 6.83. The maximum atomic E-state index is 14.1. The van der Waals surface area contributed by atoms with E-state index < -0.39 is 17.3 Å². The Bertz CT molecular complexity index is 1680. The lowest BCUT2D eigenvalue weighted by Gasteiger charge is -2.25. The first-order chi connectivity index (χ1) is 18.6. The highest BCUT2D eigenvalue weighted by Gasteiger charge is 2.42. The molecule has 0 bridgehead atoms. The molecule has 6 heteroatoms. The Kier molecular flexibility index (Phi) is 6.22. The van der Waals surface area contributed by atoms with Crippen molar-refractivity contribution >= 4 is 16.9 Å². The van der Waals surface area contributed by atoms with Crippen LogP contribution in [-0.2, 0) is 13.0 Å².